The lowest BCUT2D eigenvalue weighted by Gasteiger charge is -2.28. The van der Waals surface area contributed by atoms with E-state index in [1.807, 2.05) is 26.0 Å². The van der Waals surface area contributed by atoms with Gasteiger partial charge in [-0.2, -0.15) is 0 Å². The van der Waals surface area contributed by atoms with Gasteiger partial charge >= 0.3 is 0 Å². The Bertz CT molecular complexity index is 618. The number of halogens is 5. The molecule has 0 aliphatic heterocycles. The van der Waals surface area contributed by atoms with Crippen molar-refractivity contribution >= 4 is 95.6 Å². The molecule has 25 heavy (non-hydrogen) atoms. The summed E-state index contributed by atoms with van der Waals surface area (Å²) in [6, 6.07) is 3.82. The third-order valence-electron chi connectivity index (χ3n) is 3.16. The predicted molar refractivity (Wildman–Crippen MR) is 118 cm³/mol. The Balaban J connectivity index is 2.81. The van der Waals surface area contributed by atoms with E-state index in [4.69, 9.17) is 47.0 Å². The Hall–Kier alpha value is 0.210. The fraction of sp³-hybridized carbons (Fsp3) is 0.467. The first-order chi connectivity index (χ1) is 11.5. The van der Waals surface area contributed by atoms with E-state index >= 15 is 0 Å². The summed E-state index contributed by atoms with van der Waals surface area (Å²) >= 11 is 30.1. The predicted octanol–water partition coefficient (Wildman–Crippen LogP) is 5.81. The van der Waals surface area contributed by atoms with E-state index in [0.717, 1.165) is 33.0 Å². The first kappa shape index (κ1) is 23.2. The first-order valence-corrected chi connectivity index (χ1v) is 10.6. The number of aryl methyl sites for hydroxylation is 1. The zero-order valence-electron chi connectivity index (χ0n) is 13.6. The number of carbonyl (C=O) groups is 1. The second-order valence-electron chi connectivity index (χ2n) is 5.32. The SMILES string of the molecule is CCCCC(=O)NC(NC(=S)Nc1c(C)cc(Br)cc1Br)C(Cl)(Cl)Cl. The quantitative estimate of drug-likeness (QED) is 0.236. The Kier molecular flexibility index (Phi) is 9.78. The molecule has 0 saturated carbocycles. The highest BCUT2D eigenvalue weighted by Gasteiger charge is 2.34. The number of thiocarbonyl (C=S) groups is 1. The highest BCUT2D eigenvalue weighted by atomic mass is 79.9. The van der Waals surface area contributed by atoms with Crippen LogP contribution >= 0.6 is 78.9 Å². The fourth-order valence-electron chi connectivity index (χ4n) is 1.91. The molecule has 1 aromatic carbocycles. The molecule has 4 nitrogen and oxygen atoms in total. The molecule has 140 valence electrons. The van der Waals surface area contributed by atoms with Crippen molar-refractivity contribution < 1.29 is 4.79 Å². The minimum Gasteiger partial charge on any atom is -0.339 e. The van der Waals surface area contributed by atoms with Crippen LogP contribution in [0.2, 0.25) is 0 Å². The highest BCUT2D eigenvalue weighted by Crippen LogP contribution is 2.31. The van der Waals surface area contributed by atoms with Gasteiger partial charge in [-0.3, -0.25) is 4.79 Å². The first-order valence-electron chi connectivity index (χ1n) is 7.43. The van der Waals surface area contributed by atoms with Crippen LogP contribution in [-0.2, 0) is 4.79 Å². The van der Waals surface area contributed by atoms with Gasteiger partial charge in [0.1, 0.15) is 6.17 Å². The third-order valence-corrected chi connectivity index (χ3v) is 5.11. The summed E-state index contributed by atoms with van der Waals surface area (Å²) in [6.45, 7) is 3.93. The van der Waals surface area contributed by atoms with E-state index < -0.39 is 9.96 Å². The molecule has 0 aliphatic carbocycles. The van der Waals surface area contributed by atoms with Crippen molar-refractivity contribution in [2.75, 3.05) is 5.32 Å². The van der Waals surface area contributed by atoms with Crippen LogP contribution in [0.1, 0.15) is 31.7 Å². The number of amides is 1. The lowest BCUT2D eigenvalue weighted by molar-refractivity contribution is -0.122. The van der Waals surface area contributed by atoms with Crippen LogP contribution < -0.4 is 16.0 Å². The number of benzene rings is 1. The van der Waals surface area contributed by atoms with E-state index in [9.17, 15) is 4.79 Å². The number of unbranched alkanes of at least 4 members (excludes halogenated alkanes) is 1. The highest BCUT2D eigenvalue weighted by molar-refractivity contribution is 9.11. The molecule has 0 saturated heterocycles. The summed E-state index contributed by atoms with van der Waals surface area (Å²) in [5.41, 5.74) is 1.74. The third kappa shape index (κ3) is 8.18. The summed E-state index contributed by atoms with van der Waals surface area (Å²) in [4.78, 5) is 11.9. The van der Waals surface area contributed by atoms with Gasteiger partial charge in [-0.1, -0.05) is 64.1 Å². The zero-order valence-corrected chi connectivity index (χ0v) is 19.8. The summed E-state index contributed by atoms with van der Waals surface area (Å²) < 4.78 is -0.0100. The minimum atomic E-state index is -1.76. The molecule has 1 rings (SSSR count). The molecule has 1 unspecified atom stereocenters. The number of hydrogen-bond acceptors (Lipinski definition) is 2. The lowest BCUT2D eigenvalue weighted by Crippen LogP contribution is -2.56. The number of hydrogen-bond donors (Lipinski definition) is 3. The Morgan fingerprint density at radius 1 is 1.28 bits per heavy atom. The molecule has 0 spiro atoms. The van der Waals surface area contributed by atoms with Crippen molar-refractivity contribution in [3.05, 3.63) is 26.6 Å². The molecule has 0 aliphatic rings. The largest absolute Gasteiger partial charge is 0.339 e. The van der Waals surface area contributed by atoms with Gasteiger partial charge in [-0.05, 0) is 59.2 Å². The number of nitrogens with one attached hydrogen (secondary N) is 3. The summed E-state index contributed by atoms with van der Waals surface area (Å²) in [7, 11) is 0. The second-order valence-corrected chi connectivity index (χ2v) is 9.87. The van der Waals surface area contributed by atoms with E-state index in [0.29, 0.717) is 6.42 Å². The number of carbonyl (C=O) groups excluding carboxylic acids is 1. The van der Waals surface area contributed by atoms with Crippen molar-refractivity contribution in [2.24, 2.45) is 0 Å². The smallest absolute Gasteiger partial charge is 0.228 e. The Morgan fingerprint density at radius 3 is 2.44 bits per heavy atom. The van der Waals surface area contributed by atoms with Crippen LogP contribution in [0.4, 0.5) is 5.69 Å². The second kappa shape index (κ2) is 10.5. The minimum absolute atomic E-state index is 0.213. The normalized spacial score (nSPS) is 12.4. The maximum absolute atomic E-state index is 11.9. The van der Waals surface area contributed by atoms with Crippen molar-refractivity contribution in [1.82, 2.24) is 10.6 Å². The fourth-order valence-corrected chi connectivity index (χ4v) is 4.00. The van der Waals surface area contributed by atoms with Gasteiger partial charge in [0.2, 0.25) is 9.70 Å². The molecule has 1 aromatic rings. The van der Waals surface area contributed by atoms with Crippen LogP contribution in [-0.4, -0.2) is 21.0 Å². The van der Waals surface area contributed by atoms with Gasteiger partial charge in [0, 0.05) is 15.4 Å². The molecule has 1 atom stereocenters. The van der Waals surface area contributed by atoms with Crippen LogP contribution in [0, 0.1) is 6.92 Å². The molecule has 1 amide bonds. The number of anilines is 1. The van der Waals surface area contributed by atoms with Gasteiger partial charge in [-0.25, -0.2) is 0 Å². The van der Waals surface area contributed by atoms with Gasteiger partial charge in [0.05, 0.1) is 5.69 Å². The maximum atomic E-state index is 11.9. The molecule has 3 N–H and O–H groups in total. The van der Waals surface area contributed by atoms with Crippen molar-refractivity contribution in [3.63, 3.8) is 0 Å². The molecular formula is C15H18Br2Cl3N3OS. The molecule has 0 fully saturated rings. The zero-order chi connectivity index (χ0) is 19.2. The van der Waals surface area contributed by atoms with E-state index in [1.54, 1.807) is 0 Å². The topological polar surface area (TPSA) is 53.2 Å². The average molecular weight is 555 g/mol. The van der Waals surface area contributed by atoms with Crippen molar-refractivity contribution in [2.45, 2.75) is 43.1 Å². The van der Waals surface area contributed by atoms with Gasteiger partial charge in [-0.15, -0.1) is 0 Å². The average Bonchev–Trinajstić information content (AvgIpc) is 2.47. The molecule has 0 heterocycles. The monoisotopic (exact) mass is 551 g/mol. The van der Waals surface area contributed by atoms with Gasteiger partial charge in [0.25, 0.3) is 0 Å². The standard InChI is InChI=1S/C15H18Br2Cl3N3OS/c1-3-4-5-11(24)21-13(15(18,19)20)23-14(25)22-12-8(2)6-9(16)7-10(12)17/h6-7,13H,3-5H2,1-2H3,(H,21,24)(H2,22,23,25). The van der Waals surface area contributed by atoms with Crippen LogP contribution in [0.15, 0.2) is 21.1 Å². The molecule has 10 heteroatoms. The Morgan fingerprint density at radius 2 is 1.92 bits per heavy atom. The van der Waals surface area contributed by atoms with Gasteiger partial charge in [0.15, 0.2) is 5.11 Å². The molecular weight excluding hydrogens is 536 g/mol. The summed E-state index contributed by atoms with van der Waals surface area (Å²) in [5, 5.41) is 8.77. The van der Waals surface area contributed by atoms with Crippen LogP contribution in [0.25, 0.3) is 0 Å². The molecule has 0 bridgehead atoms. The Labute approximate surface area is 185 Å². The van der Waals surface area contributed by atoms with Crippen LogP contribution in [0.5, 0.6) is 0 Å². The van der Waals surface area contributed by atoms with Crippen molar-refractivity contribution in [3.8, 4) is 0 Å². The van der Waals surface area contributed by atoms with Crippen LogP contribution in [0.3, 0.4) is 0 Å². The lowest BCUT2D eigenvalue weighted by atomic mass is 10.2. The van der Waals surface area contributed by atoms with E-state index in [2.05, 4.69) is 47.8 Å². The van der Waals surface area contributed by atoms with E-state index in [1.165, 1.54) is 0 Å². The molecule has 0 radical (unpaired) electrons. The number of rotatable bonds is 6. The summed E-state index contributed by atoms with van der Waals surface area (Å²) in [5.74, 6) is -0.213. The van der Waals surface area contributed by atoms with Crippen molar-refractivity contribution in [1.29, 1.82) is 0 Å². The maximum Gasteiger partial charge on any atom is 0.228 e. The summed E-state index contributed by atoms with van der Waals surface area (Å²) in [6.07, 6.45) is 1.05. The number of alkyl halides is 3. The molecule has 0 aromatic heterocycles. The van der Waals surface area contributed by atoms with Gasteiger partial charge < -0.3 is 16.0 Å². The van der Waals surface area contributed by atoms with E-state index in [-0.39, 0.29) is 11.0 Å².